The minimum Gasteiger partial charge on any atom is -0.478 e. The summed E-state index contributed by atoms with van der Waals surface area (Å²) >= 11 is 0.428. The van der Waals surface area contributed by atoms with E-state index in [0.717, 1.165) is 17.5 Å². The molecule has 0 bridgehead atoms. The Hall–Kier alpha value is -1.37. The van der Waals surface area contributed by atoms with Crippen molar-refractivity contribution in [2.45, 2.75) is 6.18 Å². The first kappa shape index (κ1) is 10.7. The Labute approximate surface area is 80.5 Å². The fourth-order valence-electron chi connectivity index (χ4n) is 0.650. The van der Waals surface area contributed by atoms with E-state index < -0.39 is 17.2 Å². The van der Waals surface area contributed by atoms with Crippen LogP contribution in [0, 0.1) is 0 Å². The molecular weight excluding hydrogens is 219 g/mol. The molecule has 3 nitrogen and oxygen atoms in total. The summed E-state index contributed by atoms with van der Waals surface area (Å²) in [6, 6.07) is 0. The number of carbonyl (C=O) groups is 1. The average molecular weight is 223 g/mol. The third kappa shape index (κ3) is 2.84. The number of halogens is 3. The van der Waals surface area contributed by atoms with E-state index in [2.05, 4.69) is 4.98 Å². The highest BCUT2D eigenvalue weighted by Gasteiger charge is 2.34. The molecule has 0 amide bonds. The van der Waals surface area contributed by atoms with Crippen LogP contribution in [0.25, 0.3) is 6.08 Å². The maximum Gasteiger partial charge on any atom is 0.443 e. The van der Waals surface area contributed by atoms with E-state index in [1.165, 1.54) is 0 Å². The number of hydrogen-bond acceptors (Lipinski definition) is 3. The lowest BCUT2D eigenvalue weighted by Gasteiger charge is -1.98. The lowest BCUT2D eigenvalue weighted by molar-refractivity contribution is -0.137. The lowest BCUT2D eigenvalue weighted by atomic mass is 10.4. The van der Waals surface area contributed by atoms with Crippen LogP contribution < -0.4 is 0 Å². The van der Waals surface area contributed by atoms with Crippen LogP contribution in [0.3, 0.4) is 0 Å². The molecule has 0 aliphatic rings. The normalized spacial score (nSPS) is 12.2. The van der Waals surface area contributed by atoms with Crippen molar-refractivity contribution < 1.29 is 23.1 Å². The molecule has 0 radical (unpaired) electrons. The number of aromatic nitrogens is 1. The van der Waals surface area contributed by atoms with Gasteiger partial charge in [-0.1, -0.05) is 0 Å². The Bertz CT molecular complexity index is 369. The van der Waals surface area contributed by atoms with Gasteiger partial charge in [0.1, 0.15) is 0 Å². The highest BCUT2D eigenvalue weighted by molar-refractivity contribution is 7.09. The van der Waals surface area contributed by atoms with Crippen LogP contribution in [0.15, 0.2) is 11.5 Å². The third-order valence-electron chi connectivity index (χ3n) is 1.16. The van der Waals surface area contributed by atoms with Crippen LogP contribution in [-0.4, -0.2) is 16.1 Å². The number of alkyl halides is 3. The zero-order valence-electron chi connectivity index (χ0n) is 6.58. The zero-order chi connectivity index (χ0) is 10.8. The maximum absolute atomic E-state index is 12.0. The fourth-order valence-corrected chi connectivity index (χ4v) is 1.30. The van der Waals surface area contributed by atoms with Gasteiger partial charge in [0.05, 0.1) is 5.69 Å². The SMILES string of the molecule is O=C(O)/C=C/c1csc(C(F)(F)F)n1. The van der Waals surface area contributed by atoms with Crippen molar-refractivity contribution in [2.24, 2.45) is 0 Å². The van der Waals surface area contributed by atoms with Gasteiger partial charge < -0.3 is 5.11 Å². The molecule has 0 aliphatic carbocycles. The van der Waals surface area contributed by atoms with Gasteiger partial charge in [0.2, 0.25) is 0 Å². The monoisotopic (exact) mass is 223 g/mol. The van der Waals surface area contributed by atoms with Gasteiger partial charge in [-0.3, -0.25) is 0 Å². The Kier molecular flexibility index (Phi) is 2.90. The van der Waals surface area contributed by atoms with E-state index in [9.17, 15) is 18.0 Å². The molecule has 0 atom stereocenters. The molecule has 0 saturated carbocycles. The zero-order valence-corrected chi connectivity index (χ0v) is 7.39. The fraction of sp³-hybridized carbons (Fsp3) is 0.143. The summed E-state index contributed by atoms with van der Waals surface area (Å²) in [6.07, 6.45) is -2.73. The second-order valence-electron chi connectivity index (χ2n) is 2.25. The molecule has 1 rings (SSSR count). The van der Waals surface area contributed by atoms with Crippen molar-refractivity contribution in [3.05, 3.63) is 22.2 Å². The Morgan fingerprint density at radius 1 is 1.57 bits per heavy atom. The molecule has 1 aromatic heterocycles. The molecule has 0 aliphatic heterocycles. The summed E-state index contributed by atoms with van der Waals surface area (Å²) in [6.45, 7) is 0. The number of hydrogen-bond donors (Lipinski definition) is 1. The highest BCUT2D eigenvalue weighted by atomic mass is 32.1. The molecule has 0 unspecified atom stereocenters. The molecule has 7 heteroatoms. The van der Waals surface area contributed by atoms with Gasteiger partial charge in [0, 0.05) is 11.5 Å². The van der Waals surface area contributed by atoms with E-state index in [4.69, 9.17) is 5.11 Å². The van der Waals surface area contributed by atoms with Crippen LogP contribution in [0.4, 0.5) is 13.2 Å². The first-order chi connectivity index (χ1) is 6.39. The summed E-state index contributed by atoms with van der Waals surface area (Å²) in [5.41, 5.74) is -0.00951. The van der Waals surface area contributed by atoms with Gasteiger partial charge in [-0.15, -0.1) is 11.3 Å². The van der Waals surface area contributed by atoms with Crippen LogP contribution in [0.1, 0.15) is 10.7 Å². The van der Waals surface area contributed by atoms with E-state index >= 15 is 0 Å². The molecule has 14 heavy (non-hydrogen) atoms. The minimum absolute atomic E-state index is 0.00951. The number of carboxylic acid groups (broad SMARTS) is 1. The summed E-state index contributed by atoms with van der Waals surface area (Å²) < 4.78 is 36.0. The van der Waals surface area contributed by atoms with Gasteiger partial charge in [0.25, 0.3) is 0 Å². The average Bonchev–Trinajstić information content (AvgIpc) is 2.47. The Balaban J connectivity index is 2.84. The third-order valence-corrected chi connectivity index (χ3v) is 2.07. The van der Waals surface area contributed by atoms with E-state index in [0.29, 0.717) is 11.3 Å². The number of aliphatic carboxylic acids is 1. The van der Waals surface area contributed by atoms with Gasteiger partial charge in [-0.05, 0) is 6.08 Å². The topological polar surface area (TPSA) is 50.2 Å². The minimum atomic E-state index is -4.47. The highest BCUT2D eigenvalue weighted by Crippen LogP contribution is 2.31. The number of carboxylic acids is 1. The van der Waals surface area contributed by atoms with Crippen molar-refractivity contribution in [3.63, 3.8) is 0 Å². The standard InChI is InChI=1S/C7H4F3NO2S/c8-7(9,10)6-11-4(3-14-6)1-2-5(12)13/h1-3H,(H,12,13)/b2-1+. The largest absolute Gasteiger partial charge is 0.478 e. The Morgan fingerprint density at radius 2 is 2.21 bits per heavy atom. The van der Waals surface area contributed by atoms with Crippen molar-refractivity contribution in [1.29, 1.82) is 0 Å². The van der Waals surface area contributed by atoms with Crippen molar-refractivity contribution in [2.75, 3.05) is 0 Å². The van der Waals surface area contributed by atoms with Crippen molar-refractivity contribution in [3.8, 4) is 0 Å². The molecule has 0 spiro atoms. The van der Waals surface area contributed by atoms with Gasteiger partial charge in [0.15, 0.2) is 5.01 Å². The van der Waals surface area contributed by atoms with Gasteiger partial charge in [-0.25, -0.2) is 9.78 Å². The lowest BCUT2D eigenvalue weighted by Crippen LogP contribution is -2.03. The second kappa shape index (κ2) is 3.79. The van der Waals surface area contributed by atoms with Crippen LogP contribution >= 0.6 is 11.3 Å². The first-order valence-corrected chi connectivity index (χ1v) is 4.21. The van der Waals surface area contributed by atoms with Gasteiger partial charge in [-0.2, -0.15) is 13.2 Å². The predicted octanol–water partition coefficient (Wildman–Crippen LogP) is 2.26. The van der Waals surface area contributed by atoms with Crippen LogP contribution in [-0.2, 0) is 11.0 Å². The van der Waals surface area contributed by atoms with E-state index in [1.807, 2.05) is 0 Å². The number of nitrogens with zero attached hydrogens (tertiary/aromatic N) is 1. The van der Waals surface area contributed by atoms with E-state index in [1.54, 1.807) is 0 Å². The Morgan fingerprint density at radius 3 is 2.64 bits per heavy atom. The molecular formula is C7H4F3NO2S. The van der Waals surface area contributed by atoms with Crippen molar-refractivity contribution in [1.82, 2.24) is 4.98 Å². The molecule has 0 saturated heterocycles. The van der Waals surface area contributed by atoms with Crippen molar-refractivity contribution >= 4 is 23.4 Å². The molecule has 1 aromatic rings. The molecule has 1 N–H and O–H groups in total. The van der Waals surface area contributed by atoms with E-state index in [-0.39, 0.29) is 5.69 Å². The van der Waals surface area contributed by atoms with Crippen LogP contribution in [0.2, 0.25) is 0 Å². The molecule has 76 valence electrons. The summed E-state index contributed by atoms with van der Waals surface area (Å²) in [4.78, 5) is 13.2. The molecule has 0 aromatic carbocycles. The van der Waals surface area contributed by atoms with Gasteiger partial charge >= 0.3 is 12.1 Å². The summed E-state index contributed by atoms with van der Waals surface area (Å²) in [5.74, 6) is -1.23. The summed E-state index contributed by atoms with van der Waals surface area (Å²) in [7, 11) is 0. The molecule has 0 fully saturated rings. The molecule has 1 heterocycles. The quantitative estimate of drug-likeness (QED) is 0.782. The maximum atomic E-state index is 12.0. The summed E-state index contributed by atoms with van der Waals surface area (Å²) in [5, 5.41) is 8.37. The number of rotatable bonds is 2. The predicted molar refractivity (Wildman–Crippen MR) is 43.8 cm³/mol. The smallest absolute Gasteiger partial charge is 0.443 e. The van der Waals surface area contributed by atoms with Crippen LogP contribution in [0.5, 0.6) is 0 Å². The number of thiazole rings is 1. The second-order valence-corrected chi connectivity index (χ2v) is 3.10. The first-order valence-electron chi connectivity index (χ1n) is 3.33.